The number of nitrogens with zero attached hydrogens (tertiary/aromatic N) is 1. The number of likely N-dealkylation sites (tertiary alicyclic amines) is 1. The van der Waals surface area contributed by atoms with Crippen molar-refractivity contribution < 1.29 is 22.7 Å². The molecule has 0 aromatic heterocycles. The molecule has 1 aliphatic heterocycles. The highest BCUT2D eigenvalue weighted by Crippen LogP contribution is 2.39. The van der Waals surface area contributed by atoms with Crippen molar-refractivity contribution in [3.05, 3.63) is 101 Å². The quantitative estimate of drug-likeness (QED) is 0.409. The Morgan fingerprint density at radius 1 is 1.03 bits per heavy atom. The van der Waals surface area contributed by atoms with Crippen LogP contribution in [0.3, 0.4) is 0 Å². The molecule has 178 valence electrons. The summed E-state index contributed by atoms with van der Waals surface area (Å²) in [4.78, 5) is 15.0. The highest BCUT2D eigenvalue weighted by Gasteiger charge is 2.38. The van der Waals surface area contributed by atoms with Gasteiger partial charge < -0.3 is 15.0 Å². The van der Waals surface area contributed by atoms with Gasteiger partial charge in [-0.15, -0.1) is 11.8 Å². The highest BCUT2D eigenvalue weighted by atomic mass is 32.2. The third kappa shape index (κ3) is 5.74. The predicted octanol–water partition coefficient (Wildman–Crippen LogP) is 6.13. The summed E-state index contributed by atoms with van der Waals surface area (Å²) < 4.78 is 47.4. The van der Waals surface area contributed by atoms with E-state index in [-0.39, 0.29) is 17.7 Å². The van der Waals surface area contributed by atoms with Crippen LogP contribution in [0.25, 0.3) is 0 Å². The molecule has 3 aromatic rings. The molecule has 1 saturated heterocycles. The molecule has 1 atom stereocenters. The number of hydrogen-bond donors (Lipinski definition) is 1. The first-order chi connectivity index (χ1) is 16.3. The van der Waals surface area contributed by atoms with Crippen LogP contribution in [0, 0.1) is 0 Å². The summed E-state index contributed by atoms with van der Waals surface area (Å²) in [5.41, 5.74) is 0.979. The molecular weight excluding hydrogens is 461 g/mol. The SMILES string of the molecule is CSc1ccc(C(OC2CN(C(=O)NCc3ccccc3)C2)c2ccccc2C(F)(F)F)cc1. The number of rotatable bonds is 7. The fraction of sp³-hybridized carbons (Fsp3) is 0.269. The van der Waals surface area contributed by atoms with Crippen molar-refractivity contribution in [3.8, 4) is 0 Å². The molecule has 0 radical (unpaired) electrons. The fourth-order valence-corrected chi connectivity index (χ4v) is 4.27. The molecule has 0 saturated carbocycles. The van der Waals surface area contributed by atoms with Gasteiger partial charge in [-0.2, -0.15) is 13.2 Å². The lowest BCUT2D eigenvalue weighted by Crippen LogP contribution is -2.57. The first-order valence-electron chi connectivity index (χ1n) is 10.9. The lowest BCUT2D eigenvalue weighted by atomic mass is 9.95. The van der Waals surface area contributed by atoms with Gasteiger partial charge >= 0.3 is 12.2 Å². The van der Waals surface area contributed by atoms with Crippen molar-refractivity contribution in [2.24, 2.45) is 0 Å². The molecule has 0 aliphatic carbocycles. The van der Waals surface area contributed by atoms with Crippen LogP contribution in [0.5, 0.6) is 0 Å². The zero-order chi connectivity index (χ0) is 24.1. The van der Waals surface area contributed by atoms with Crippen molar-refractivity contribution in [3.63, 3.8) is 0 Å². The molecule has 1 fully saturated rings. The topological polar surface area (TPSA) is 41.6 Å². The maximum atomic E-state index is 13.7. The molecule has 1 N–H and O–H groups in total. The van der Waals surface area contributed by atoms with Gasteiger partial charge in [0.2, 0.25) is 0 Å². The van der Waals surface area contributed by atoms with Gasteiger partial charge in [0.1, 0.15) is 6.10 Å². The fourth-order valence-electron chi connectivity index (χ4n) is 3.86. The number of carbonyl (C=O) groups is 1. The van der Waals surface area contributed by atoms with E-state index in [9.17, 15) is 18.0 Å². The van der Waals surface area contributed by atoms with Gasteiger partial charge in [-0.3, -0.25) is 0 Å². The zero-order valence-corrected chi connectivity index (χ0v) is 19.4. The Bertz CT molecular complexity index is 1100. The number of ether oxygens (including phenoxy) is 1. The van der Waals surface area contributed by atoms with E-state index in [1.54, 1.807) is 34.9 Å². The summed E-state index contributed by atoms with van der Waals surface area (Å²) in [5.74, 6) is 0. The first-order valence-corrected chi connectivity index (χ1v) is 12.1. The minimum absolute atomic E-state index is 0.0684. The van der Waals surface area contributed by atoms with Gasteiger partial charge in [0.15, 0.2) is 0 Å². The molecular formula is C26H25F3N2O2S. The van der Waals surface area contributed by atoms with E-state index in [0.717, 1.165) is 16.5 Å². The smallest absolute Gasteiger partial charge is 0.362 e. The molecule has 8 heteroatoms. The number of thioether (sulfide) groups is 1. The van der Waals surface area contributed by atoms with Crippen LogP contribution in [-0.4, -0.2) is 36.4 Å². The number of alkyl halides is 3. The average molecular weight is 487 g/mol. The molecule has 3 aromatic carbocycles. The Hall–Kier alpha value is -2.97. The monoisotopic (exact) mass is 486 g/mol. The number of halogens is 3. The van der Waals surface area contributed by atoms with E-state index in [4.69, 9.17) is 4.74 Å². The molecule has 34 heavy (non-hydrogen) atoms. The van der Waals surface area contributed by atoms with Crippen LogP contribution in [-0.2, 0) is 17.5 Å². The van der Waals surface area contributed by atoms with Crippen molar-refractivity contribution in [1.29, 1.82) is 0 Å². The largest absolute Gasteiger partial charge is 0.416 e. The summed E-state index contributed by atoms with van der Waals surface area (Å²) >= 11 is 1.56. The number of benzene rings is 3. The molecule has 0 spiro atoms. The summed E-state index contributed by atoms with van der Waals surface area (Å²) in [6.07, 6.45) is -3.82. The van der Waals surface area contributed by atoms with Gasteiger partial charge in [-0.05, 0) is 41.1 Å². The Labute approximate surface area is 201 Å². The van der Waals surface area contributed by atoms with E-state index in [2.05, 4.69) is 5.32 Å². The standard InChI is InChI=1S/C26H25F3N2O2S/c1-34-21-13-11-19(12-14-21)24(22-9-5-6-10-23(22)26(27,28)29)33-20-16-31(17-20)25(32)30-15-18-7-3-2-4-8-18/h2-14,20,24H,15-17H2,1H3,(H,30,32). The molecule has 1 unspecified atom stereocenters. The molecule has 4 nitrogen and oxygen atoms in total. The third-order valence-corrected chi connectivity index (χ3v) is 6.46. The van der Waals surface area contributed by atoms with Crippen molar-refractivity contribution >= 4 is 17.8 Å². The Morgan fingerprint density at radius 2 is 1.68 bits per heavy atom. The second-order valence-electron chi connectivity index (χ2n) is 8.05. The van der Waals surface area contributed by atoms with E-state index >= 15 is 0 Å². The lowest BCUT2D eigenvalue weighted by molar-refractivity contribution is -0.140. The van der Waals surface area contributed by atoms with Crippen LogP contribution in [0.4, 0.5) is 18.0 Å². The Kier molecular flexibility index (Phi) is 7.48. The van der Waals surface area contributed by atoms with Crippen LogP contribution in [0.1, 0.15) is 28.4 Å². The second-order valence-corrected chi connectivity index (χ2v) is 8.93. The van der Waals surface area contributed by atoms with Crippen molar-refractivity contribution in [1.82, 2.24) is 10.2 Å². The maximum absolute atomic E-state index is 13.7. The predicted molar refractivity (Wildman–Crippen MR) is 127 cm³/mol. The first kappa shape index (κ1) is 24.2. The highest BCUT2D eigenvalue weighted by molar-refractivity contribution is 7.98. The molecule has 1 heterocycles. The molecule has 4 rings (SSSR count). The normalized spacial score (nSPS) is 15.0. The summed E-state index contributed by atoms with van der Waals surface area (Å²) in [7, 11) is 0. The van der Waals surface area contributed by atoms with Gasteiger partial charge in [0.25, 0.3) is 0 Å². The van der Waals surface area contributed by atoms with E-state index in [0.29, 0.717) is 25.2 Å². The minimum atomic E-state index is -4.50. The third-order valence-electron chi connectivity index (χ3n) is 5.72. The summed E-state index contributed by atoms with van der Waals surface area (Å²) in [6, 6.07) is 22.2. The van der Waals surface area contributed by atoms with E-state index < -0.39 is 17.8 Å². The van der Waals surface area contributed by atoms with Gasteiger partial charge in [0, 0.05) is 11.4 Å². The lowest BCUT2D eigenvalue weighted by Gasteiger charge is -2.41. The Balaban J connectivity index is 1.47. The Morgan fingerprint density at radius 3 is 2.32 bits per heavy atom. The summed E-state index contributed by atoms with van der Waals surface area (Å²) in [6.45, 7) is 1.04. The van der Waals surface area contributed by atoms with Crippen LogP contribution >= 0.6 is 11.8 Å². The number of amides is 2. The minimum Gasteiger partial charge on any atom is -0.362 e. The molecule has 1 aliphatic rings. The number of carbonyl (C=O) groups excluding carboxylic acids is 1. The maximum Gasteiger partial charge on any atom is 0.416 e. The van der Waals surface area contributed by atoms with Crippen molar-refractivity contribution in [2.45, 2.75) is 29.8 Å². The van der Waals surface area contributed by atoms with Crippen LogP contribution < -0.4 is 5.32 Å². The zero-order valence-electron chi connectivity index (χ0n) is 18.6. The van der Waals surface area contributed by atoms with Gasteiger partial charge in [0.05, 0.1) is 24.8 Å². The van der Waals surface area contributed by atoms with Crippen LogP contribution in [0.15, 0.2) is 83.8 Å². The molecule has 0 bridgehead atoms. The van der Waals surface area contributed by atoms with E-state index in [1.165, 1.54) is 12.1 Å². The van der Waals surface area contributed by atoms with Gasteiger partial charge in [-0.25, -0.2) is 4.79 Å². The number of hydrogen-bond acceptors (Lipinski definition) is 3. The van der Waals surface area contributed by atoms with Crippen LogP contribution in [0.2, 0.25) is 0 Å². The molecule has 2 amide bonds. The van der Waals surface area contributed by atoms with Gasteiger partial charge in [-0.1, -0.05) is 60.7 Å². The van der Waals surface area contributed by atoms with E-state index in [1.807, 2.05) is 48.7 Å². The number of nitrogens with one attached hydrogen (secondary N) is 1. The average Bonchev–Trinajstić information content (AvgIpc) is 2.82. The second kappa shape index (κ2) is 10.5. The summed E-state index contributed by atoms with van der Waals surface area (Å²) in [5, 5.41) is 2.86. The number of urea groups is 1. The van der Waals surface area contributed by atoms with Crippen molar-refractivity contribution in [2.75, 3.05) is 19.3 Å².